The minimum absolute atomic E-state index is 0.0335. The topological polar surface area (TPSA) is 112 Å². The predicted molar refractivity (Wildman–Crippen MR) is 88.6 cm³/mol. The molecule has 0 saturated heterocycles. The Kier molecular flexibility index (Phi) is 5.11. The zero-order chi connectivity index (χ0) is 17.7. The maximum absolute atomic E-state index is 12.3. The maximum Gasteiger partial charge on any atom is 0.245 e. The van der Waals surface area contributed by atoms with Gasteiger partial charge >= 0.3 is 0 Å². The number of anilines is 1. The second-order valence-electron chi connectivity index (χ2n) is 6.20. The summed E-state index contributed by atoms with van der Waals surface area (Å²) in [5.74, 6) is -0.0747. The van der Waals surface area contributed by atoms with Gasteiger partial charge in [-0.25, -0.2) is 0 Å². The summed E-state index contributed by atoms with van der Waals surface area (Å²) in [6.45, 7) is 5.67. The van der Waals surface area contributed by atoms with E-state index in [4.69, 9.17) is 14.9 Å². The van der Waals surface area contributed by atoms with Gasteiger partial charge in [0, 0.05) is 11.5 Å². The molecule has 0 saturated carbocycles. The van der Waals surface area contributed by atoms with E-state index in [9.17, 15) is 4.79 Å². The van der Waals surface area contributed by atoms with Crippen molar-refractivity contribution in [1.82, 2.24) is 5.16 Å². The molecule has 0 aliphatic rings. The molecule has 2 aromatic rings. The van der Waals surface area contributed by atoms with Crippen molar-refractivity contribution in [2.45, 2.75) is 32.8 Å². The van der Waals surface area contributed by atoms with Crippen LogP contribution in [0.1, 0.15) is 42.6 Å². The van der Waals surface area contributed by atoms with E-state index >= 15 is 0 Å². The van der Waals surface area contributed by atoms with Gasteiger partial charge in [-0.3, -0.25) is 10.2 Å². The third kappa shape index (κ3) is 4.06. The Morgan fingerprint density at radius 2 is 2.17 bits per heavy atom. The number of aliphatic hydroxyl groups is 1. The van der Waals surface area contributed by atoms with Crippen LogP contribution in [-0.4, -0.2) is 21.8 Å². The first kappa shape index (κ1) is 17.4. The Morgan fingerprint density at radius 1 is 1.42 bits per heavy atom. The quantitative estimate of drug-likeness (QED) is 0.496. The maximum atomic E-state index is 12.3. The number of nitrogens with zero attached hydrogens (tertiary/aromatic N) is 3. The Morgan fingerprint density at radius 3 is 2.75 bits per heavy atom. The molecule has 0 radical (unpaired) electrons. The van der Waals surface area contributed by atoms with Crippen LogP contribution in [-0.2, 0) is 12.0 Å². The summed E-state index contributed by atoms with van der Waals surface area (Å²) >= 11 is 0. The average molecular weight is 326 g/mol. The van der Waals surface area contributed by atoms with Crippen molar-refractivity contribution >= 4 is 17.2 Å². The van der Waals surface area contributed by atoms with E-state index in [1.54, 1.807) is 30.3 Å². The molecule has 1 aromatic heterocycles. The van der Waals surface area contributed by atoms with E-state index < -0.39 is 5.78 Å². The highest BCUT2D eigenvalue weighted by atomic mass is 16.5. The van der Waals surface area contributed by atoms with Crippen molar-refractivity contribution in [1.29, 1.82) is 5.26 Å². The molecule has 0 atom stereocenters. The first-order valence-electron chi connectivity index (χ1n) is 7.30. The number of nitrogens with one attached hydrogen (secondary N) is 1. The van der Waals surface area contributed by atoms with Crippen molar-refractivity contribution in [2.24, 2.45) is 5.10 Å². The fourth-order valence-corrected chi connectivity index (χ4v) is 1.84. The molecule has 2 rings (SSSR count). The number of carbonyl (C=O) groups is 1. The molecular formula is C17H18N4O3. The number of ketones is 1. The molecule has 7 nitrogen and oxygen atoms in total. The fraction of sp³-hybridized carbons (Fsp3) is 0.294. The minimum atomic E-state index is -0.623. The molecule has 0 bridgehead atoms. The summed E-state index contributed by atoms with van der Waals surface area (Å²) < 4.78 is 5.15. The molecule has 0 spiro atoms. The monoisotopic (exact) mass is 326 g/mol. The smallest absolute Gasteiger partial charge is 0.245 e. The average Bonchev–Trinajstić information content (AvgIpc) is 3.05. The molecule has 0 unspecified atom stereocenters. The minimum Gasteiger partial charge on any atom is -0.392 e. The first-order chi connectivity index (χ1) is 11.3. The molecule has 1 heterocycles. The van der Waals surface area contributed by atoms with Crippen molar-refractivity contribution < 1.29 is 14.4 Å². The summed E-state index contributed by atoms with van der Waals surface area (Å²) in [6, 6.07) is 10.1. The van der Waals surface area contributed by atoms with Crippen LogP contribution in [0.15, 0.2) is 40.0 Å². The van der Waals surface area contributed by atoms with Crippen LogP contribution in [0.2, 0.25) is 0 Å². The van der Waals surface area contributed by atoms with Crippen molar-refractivity contribution in [3.05, 3.63) is 47.3 Å². The SMILES string of the molecule is CC(C)(C)c1cc(C(=O)C(C#N)=NNc2cccc(CO)c2)no1. The van der Waals surface area contributed by atoms with Crippen LogP contribution < -0.4 is 5.43 Å². The van der Waals surface area contributed by atoms with Gasteiger partial charge in [-0.15, -0.1) is 0 Å². The van der Waals surface area contributed by atoms with Gasteiger partial charge in [0.2, 0.25) is 11.5 Å². The number of hydrogen-bond donors (Lipinski definition) is 2. The normalized spacial score (nSPS) is 11.9. The third-order valence-corrected chi connectivity index (χ3v) is 3.21. The van der Waals surface area contributed by atoms with E-state index in [2.05, 4.69) is 15.7 Å². The van der Waals surface area contributed by atoms with Gasteiger partial charge in [0.15, 0.2) is 5.69 Å². The molecule has 1 aromatic carbocycles. The Bertz CT molecular complexity index is 810. The van der Waals surface area contributed by atoms with E-state index in [0.717, 1.165) is 0 Å². The molecule has 0 amide bonds. The number of hydrazone groups is 1. The van der Waals surface area contributed by atoms with Crippen molar-refractivity contribution in [3.63, 3.8) is 0 Å². The van der Waals surface area contributed by atoms with Gasteiger partial charge in [-0.05, 0) is 17.7 Å². The van der Waals surface area contributed by atoms with Gasteiger partial charge in [0.25, 0.3) is 0 Å². The number of nitriles is 1. The zero-order valence-corrected chi connectivity index (χ0v) is 13.7. The Labute approximate surface area is 139 Å². The number of aliphatic hydroxyl groups excluding tert-OH is 1. The summed E-state index contributed by atoms with van der Waals surface area (Å²) in [7, 11) is 0. The van der Waals surface area contributed by atoms with E-state index in [-0.39, 0.29) is 23.4 Å². The van der Waals surface area contributed by atoms with Crippen LogP contribution in [0.5, 0.6) is 0 Å². The molecule has 24 heavy (non-hydrogen) atoms. The molecule has 0 aliphatic carbocycles. The fourth-order valence-electron chi connectivity index (χ4n) is 1.84. The van der Waals surface area contributed by atoms with Crippen LogP contribution in [0.3, 0.4) is 0 Å². The number of Topliss-reactive ketones (excluding diaryl/α,β-unsaturated/α-hetero) is 1. The third-order valence-electron chi connectivity index (χ3n) is 3.21. The number of aromatic nitrogens is 1. The van der Waals surface area contributed by atoms with Gasteiger partial charge in [0.1, 0.15) is 11.8 Å². The summed E-state index contributed by atoms with van der Waals surface area (Å²) in [4.78, 5) is 12.3. The largest absolute Gasteiger partial charge is 0.392 e. The highest BCUT2D eigenvalue weighted by Crippen LogP contribution is 2.22. The van der Waals surface area contributed by atoms with Crippen molar-refractivity contribution in [3.8, 4) is 6.07 Å². The second kappa shape index (κ2) is 7.06. The van der Waals surface area contributed by atoms with Gasteiger partial charge in [-0.1, -0.05) is 38.1 Å². The molecule has 124 valence electrons. The van der Waals surface area contributed by atoms with Gasteiger partial charge < -0.3 is 9.63 Å². The lowest BCUT2D eigenvalue weighted by molar-refractivity contribution is 0.105. The summed E-state index contributed by atoms with van der Waals surface area (Å²) in [6.07, 6.45) is 0. The molecule has 0 fully saturated rings. The van der Waals surface area contributed by atoms with Crippen LogP contribution in [0, 0.1) is 11.3 Å². The summed E-state index contributed by atoms with van der Waals surface area (Å²) in [5.41, 5.74) is 3.28. The first-order valence-corrected chi connectivity index (χ1v) is 7.30. The van der Waals surface area contributed by atoms with Gasteiger partial charge in [-0.2, -0.15) is 10.4 Å². The molecular weight excluding hydrogens is 308 g/mol. The van der Waals surface area contributed by atoms with Crippen molar-refractivity contribution in [2.75, 3.05) is 5.43 Å². The van der Waals surface area contributed by atoms with E-state index in [1.807, 2.05) is 20.8 Å². The summed E-state index contributed by atoms with van der Waals surface area (Å²) in [5, 5.41) is 25.8. The second-order valence-corrected chi connectivity index (χ2v) is 6.20. The number of carbonyl (C=O) groups excluding carboxylic acids is 1. The zero-order valence-electron chi connectivity index (χ0n) is 13.7. The van der Waals surface area contributed by atoms with Crippen LogP contribution in [0.4, 0.5) is 5.69 Å². The lowest BCUT2D eigenvalue weighted by Crippen LogP contribution is -2.15. The lowest BCUT2D eigenvalue weighted by Gasteiger charge is -2.11. The molecule has 7 heteroatoms. The lowest BCUT2D eigenvalue weighted by atomic mass is 9.93. The highest BCUT2D eigenvalue weighted by molar-refractivity contribution is 6.51. The predicted octanol–water partition coefficient (Wildman–Crippen LogP) is 2.64. The number of rotatable bonds is 5. The number of hydrogen-bond acceptors (Lipinski definition) is 7. The molecule has 2 N–H and O–H groups in total. The van der Waals surface area contributed by atoms with Crippen LogP contribution in [0.25, 0.3) is 0 Å². The van der Waals surface area contributed by atoms with E-state index in [0.29, 0.717) is 17.0 Å². The standard InChI is InChI=1S/C17H18N4O3/c1-17(2,3)15-8-13(21-24-15)16(23)14(9-18)20-19-12-6-4-5-11(7-12)10-22/h4-8,19,22H,10H2,1-3H3. The number of benzene rings is 1. The van der Waals surface area contributed by atoms with E-state index in [1.165, 1.54) is 6.07 Å². The highest BCUT2D eigenvalue weighted by Gasteiger charge is 2.24. The molecule has 0 aliphatic heterocycles. The van der Waals surface area contributed by atoms with Gasteiger partial charge in [0.05, 0.1) is 12.3 Å². The Hall–Kier alpha value is -2.98. The van der Waals surface area contributed by atoms with Crippen LogP contribution >= 0.6 is 0 Å². The Balaban J connectivity index is 2.19.